The molecule has 8 heteroatoms. The Morgan fingerprint density at radius 1 is 1.07 bits per heavy atom. The molecule has 1 aliphatic heterocycles. The van der Waals surface area contributed by atoms with Crippen LogP contribution in [0.1, 0.15) is 18.4 Å². The summed E-state index contributed by atoms with van der Waals surface area (Å²) in [7, 11) is 0. The number of rotatable bonds is 3. The lowest BCUT2D eigenvalue weighted by Crippen LogP contribution is -2.43. The summed E-state index contributed by atoms with van der Waals surface area (Å²) in [6.07, 6.45) is 1.16. The largest absolute Gasteiger partial charge is 0.370 e. The molecule has 2 aromatic rings. The number of carbonyl (C=O) groups is 2. The van der Waals surface area contributed by atoms with Gasteiger partial charge >= 0.3 is 6.03 Å². The zero-order chi connectivity index (χ0) is 20.1. The molecule has 144 valence electrons. The molecule has 0 spiro atoms. The maximum atomic E-state index is 12.4. The summed E-state index contributed by atoms with van der Waals surface area (Å²) in [4.78, 5) is 26.5. The maximum Gasteiger partial charge on any atom is 0.325 e. The Morgan fingerprint density at radius 3 is 2.39 bits per heavy atom. The minimum Gasteiger partial charge on any atom is -0.370 e. The van der Waals surface area contributed by atoms with E-state index in [0.29, 0.717) is 47.2 Å². The number of halogens is 2. The van der Waals surface area contributed by atoms with Crippen LogP contribution in [-0.4, -0.2) is 25.0 Å². The minimum absolute atomic E-state index is 0.267. The van der Waals surface area contributed by atoms with Crippen LogP contribution < -0.4 is 15.5 Å². The van der Waals surface area contributed by atoms with Crippen LogP contribution in [0.2, 0.25) is 10.0 Å². The molecule has 1 saturated heterocycles. The van der Waals surface area contributed by atoms with Crippen molar-refractivity contribution < 1.29 is 9.59 Å². The predicted octanol–water partition coefficient (Wildman–Crippen LogP) is 4.43. The van der Waals surface area contributed by atoms with E-state index in [1.165, 1.54) is 0 Å². The first-order valence-corrected chi connectivity index (χ1v) is 9.54. The van der Waals surface area contributed by atoms with Gasteiger partial charge in [-0.05, 0) is 49.2 Å². The summed E-state index contributed by atoms with van der Waals surface area (Å²) in [5.74, 6) is -0.574. The van der Waals surface area contributed by atoms with Gasteiger partial charge in [-0.3, -0.25) is 10.1 Å². The van der Waals surface area contributed by atoms with Gasteiger partial charge in [0.15, 0.2) is 0 Å². The molecule has 3 rings (SSSR count). The Kier molecular flexibility index (Phi) is 6.40. The Bertz CT molecular complexity index is 917. The number of nitrogens with one attached hydrogen (secondary N) is 2. The van der Waals surface area contributed by atoms with Crippen molar-refractivity contribution >= 4 is 46.5 Å². The van der Waals surface area contributed by atoms with Crippen LogP contribution in [-0.2, 0) is 4.79 Å². The highest BCUT2D eigenvalue weighted by molar-refractivity contribution is 6.32. The van der Waals surface area contributed by atoms with Crippen LogP contribution >= 0.6 is 23.2 Å². The predicted molar refractivity (Wildman–Crippen MR) is 110 cm³/mol. The van der Waals surface area contributed by atoms with E-state index in [1.807, 2.05) is 11.0 Å². The van der Waals surface area contributed by atoms with Crippen LogP contribution in [0.5, 0.6) is 0 Å². The second-order valence-corrected chi connectivity index (χ2v) is 7.30. The first kappa shape index (κ1) is 20.0. The molecule has 1 aliphatic rings. The van der Waals surface area contributed by atoms with Gasteiger partial charge in [0.1, 0.15) is 6.07 Å². The highest BCUT2D eigenvalue weighted by atomic mass is 35.5. The van der Waals surface area contributed by atoms with Gasteiger partial charge in [0, 0.05) is 29.7 Å². The van der Waals surface area contributed by atoms with Gasteiger partial charge in [-0.2, -0.15) is 5.26 Å². The van der Waals surface area contributed by atoms with Crippen molar-refractivity contribution in [3.63, 3.8) is 0 Å². The molecule has 28 heavy (non-hydrogen) atoms. The molecule has 0 saturated carbocycles. The summed E-state index contributed by atoms with van der Waals surface area (Å²) < 4.78 is 0. The molecule has 1 heterocycles. The molecule has 0 radical (unpaired) electrons. The van der Waals surface area contributed by atoms with Gasteiger partial charge in [-0.1, -0.05) is 29.3 Å². The van der Waals surface area contributed by atoms with E-state index >= 15 is 0 Å². The molecule has 2 N–H and O–H groups in total. The minimum atomic E-state index is -0.573. The van der Waals surface area contributed by atoms with Crippen LogP contribution in [0.15, 0.2) is 42.5 Å². The standard InChI is InChI=1S/C20H18Cl2N4O2/c21-14-4-6-15(7-5-14)24-20(28)25-19(27)13-8-10-26(11-9-13)18-3-1-2-17(22)16(18)12-23/h1-7,13H,8-11H2,(H2,24,25,27,28). The van der Waals surface area contributed by atoms with Gasteiger partial charge in [0.05, 0.1) is 16.3 Å². The third kappa shape index (κ3) is 4.75. The van der Waals surface area contributed by atoms with Crippen molar-refractivity contribution in [1.82, 2.24) is 5.32 Å². The third-order valence-corrected chi connectivity index (χ3v) is 5.22. The summed E-state index contributed by atoms with van der Waals surface area (Å²) in [5, 5.41) is 15.3. The molecule has 0 aromatic heterocycles. The van der Waals surface area contributed by atoms with E-state index < -0.39 is 6.03 Å². The van der Waals surface area contributed by atoms with Crippen molar-refractivity contribution in [2.45, 2.75) is 12.8 Å². The first-order chi connectivity index (χ1) is 13.5. The molecule has 2 aromatic carbocycles. The number of urea groups is 1. The van der Waals surface area contributed by atoms with E-state index in [1.54, 1.807) is 36.4 Å². The number of anilines is 2. The molecule has 0 unspecified atom stereocenters. The molecule has 0 atom stereocenters. The quantitative estimate of drug-likeness (QED) is 0.774. The highest BCUT2D eigenvalue weighted by Crippen LogP contribution is 2.30. The zero-order valence-electron chi connectivity index (χ0n) is 14.9. The number of imide groups is 1. The molecule has 0 aliphatic carbocycles. The summed E-state index contributed by atoms with van der Waals surface area (Å²) in [6.45, 7) is 1.21. The molecular formula is C20H18Cl2N4O2. The van der Waals surface area contributed by atoms with E-state index in [-0.39, 0.29) is 11.8 Å². The Labute approximate surface area is 173 Å². The average Bonchev–Trinajstić information content (AvgIpc) is 2.69. The van der Waals surface area contributed by atoms with Gasteiger partial charge in [0.25, 0.3) is 0 Å². The van der Waals surface area contributed by atoms with Crippen molar-refractivity contribution in [2.75, 3.05) is 23.3 Å². The van der Waals surface area contributed by atoms with E-state index in [2.05, 4.69) is 16.7 Å². The SMILES string of the molecule is N#Cc1c(Cl)cccc1N1CCC(C(=O)NC(=O)Nc2ccc(Cl)cc2)CC1. The number of nitrogens with zero attached hydrogens (tertiary/aromatic N) is 2. The lowest BCUT2D eigenvalue weighted by atomic mass is 9.95. The normalized spacial score (nSPS) is 14.2. The number of hydrogen-bond donors (Lipinski definition) is 2. The lowest BCUT2D eigenvalue weighted by molar-refractivity contribution is -0.124. The number of benzene rings is 2. The van der Waals surface area contributed by atoms with Gasteiger partial charge in [0.2, 0.25) is 5.91 Å². The monoisotopic (exact) mass is 416 g/mol. The second kappa shape index (κ2) is 8.96. The molecular weight excluding hydrogens is 399 g/mol. The van der Waals surface area contributed by atoms with E-state index in [4.69, 9.17) is 23.2 Å². The topological polar surface area (TPSA) is 85.2 Å². The van der Waals surface area contributed by atoms with E-state index in [9.17, 15) is 14.9 Å². The van der Waals surface area contributed by atoms with Gasteiger partial charge in [-0.15, -0.1) is 0 Å². The fourth-order valence-corrected chi connectivity index (χ4v) is 3.52. The van der Waals surface area contributed by atoms with Crippen molar-refractivity contribution in [1.29, 1.82) is 5.26 Å². The maximum absolute atomic E-state index is 12.4. The molecule has 1 fully saturated rings. The fourth-order valence-electron chi connectivity index (χ4n) is 3.18. The fraction of sp³-hybridized carbons (Fsp3) is 0.250. The van der Waals surface area contributed by atoms with Gasteiger partial charge < -0.3 is 10.2 Å². The Morgan fingerprint density at radius 2 is 1.75 bits per heavy atom. The summed E-state index contributed by atoms with van der Waals surface area (Å²) in [6, 6.07) is 13.5. The van der Waals surface area contributed by atoms with Crippen LogP contribution in [0.4, 0.5) is 16.2 Å². The summed E-state index contributed by atoms with van der Waals surface area (Å²) in [5.41, 5.74) is 1.76. The van der Waals surface area contributed by atoms with Gasteiger partial charge in [-0.25, -0.2) is 4.79 Å². The Hall–Kier alpha value is -2.75. The Balaban J connectivity index is 1.54. The van der Waals surface area contributed by atoms with Crippen LogP contribution in [0.25, 0.3) is 0 Å². The second-order valence-electron chi connectivity index (χ2n) is 6.46. The summed E-state index contributed by atoms with van der Waals surface area (Å²) >= 11 is 11.9. The smallest absolute Gasteiger partial charge is 0.325 e. The van der Waals surface area contributed by atoms with Crippen molar-refractivity contribution in [3.8, 4) is 6.07 Å². The number of amides is 3. The highest BCUT2D eigenvalue weighted by Gasteiger charge is 2.27. The molecule has 3 amide bonds. The molecule has 6 nitrogen and oxygen atoms in total. The van der Waals surface area contributed by atoms with E-state index in [0.717, 1.165) is 5.69 Å². The van der Waals surface area contributed by atoms with Crippen LogP contribution in [0.3, 0.4) is 0 Å². The average molecular weight is 417 g/mol. The zero-order valence-corrected chi connectivity index (χ0v) is 16.4. The lowest BCUT2D eigenvalue weighted by Gasteiger charge is -2.33. The van der Waals surface area contributed by atoms with Crippen LogP contribution in [0, 0.1) is 17.2 Å². The first-order valence-electron chi connectivity index (χ1n) is 8.79. The van der Waals surface area contributed by atoms with Crippen molar-refractivity contribution in [3.05, 3.63) is 58.1 Å². The molecule has 0 bridgehead atoms. The third-order valence-electron chi connectivity index (χ3n) is 4.65. The number of hydrogen-bond acceptors (Lipinski definition) is 4. The number of nitriles is 1. The number of piperidine rings is 1. The number of carbonyl (C=O) groups excluding carboxylic acids is 2. The van der Waals surface area contributed by atoms with Crippen molar-refractivity contribution in [2.24, 2.45) is 5.92 Å².